The smallest absolute Gasteiger partial charge is 0.132 e. The molecule has 1 atom stereocenters. The van der Waals surface area contributed by atoms with E-state index < -0.39 is 0 Å². The molecule has 0 saturated carbocycles. The normalized spacial score (nSPS) is 12.2. The molecule has 1 unspecified atom stereocenters. The van der Waals surface area contributed by atoms with Crippen LogP contribution in [-0.2, 0) is 0 Å². The van der Waals surface area contributed by atoms with E-state index in [1.54, 1.807) is 18.2 Å². The summed E-state index contributed by atoms with van der Waals surface area (Å²) in [6.45, 7) is 5.06. The molecule has 2 aromatic carbocycles. The molecule has 1 N–H and O–H groups in total. The summed E-state index contributed by atoms with van der Waals surface area (Å²) < 4.78 is 6.98. The van der Waals surface area contributed by atoms with Gasteiger partial charge in [-0.2, -0.15) is 0 Å². The lowest BCUT2D eigenvalue weighted by molar-refractivity contribution is 0.463. The van der Waals surface area contributed by atoms with Gasteiger partial charge in [0.2, 0.25) is 0 Å². The van der Waals surface area contributed by atoms with Crippen molar-refractivity contribution < 1.29 is 4.74 Å². The maximum Gasteiger partial charge on any atom is 0.132 e. The molecule has 21 heavy (non-hydrogen) atoms. The molecule has 2 aromatic rings. The fraction of sp³-hybridized carbons (Fsp3) is 0.250. The Morgan fingerprint density at radius 3 is 2.43 bits per heavy atom. The van der Waals surface area contributed by atoms with Crippen LogP contribution < -0.4 is 10.1 Å². The van der Waals surface area contributed by atoms with Gasteiger partial charge in [0.25, 0.3) is 0 Å². The predicted molar refractivity (Wildman–Crippen MR) is 92.8 cm³/mol. The summed E-state index contributed by atoms with van der Waals surface area (Å²) in [5.74, 6) is 1.41. The van der Waals surface area contributed by atoms with Crippen LogP contribution in [0.2, 0.25) is 10.0 Å². The summed E-state index contributed by atoms with van der Waals surface area (Å²) in [6.07, 6.45) is 0. The third-order valence-corrected chi connectivity index (χ3v) is 3.94. The summed E-state index contributed by atoms with van der Waals surface area (Å²) in [6, 6.07) is 11.3. The highest BCUT2D eigenvalue weighted by molar-refractivity contribution is 9.10. The minimum atomic E-state index is 0.178. The molecule has 0 bridgehead atoms. The van der Waals surface area contributed by atoms with Crippen molar-refractivity contribution in [3.63, 3.8) is 0 Å². The first kappa shape index (κ1) is 16.6. The van der Waals surface area contributed by atoms with Crippen LogP contribution in [0.3, 0.4) is 0 Å². The van der Waals surface area contributed by atoms with Gasteiger partial charge >= 0.3 is 0 Å². The molecular weight excluding hydrogens is 373 g/mol. The minimum Gasteiger partial charge on any atom is -0.457 e. The topological polar surface area (TPSA) is 21.3 Å². The number of ether oxygens (including phenoxy) is 1. The zero-order valence-corrected chi connectivity index (χ0v) is 14.9. The van der Waals surface area contributed by atoms with Crippen molar-refractivity contribution in [2.75, 3.05) is 6.54 Å². The number of benzene rings is 2. The van der Waals surface area contributed by atoms with Gasteiger partial charge in [0.05, 0.1) is 0 Å². The van der Waals surface area contributed by atoms with Crippen LogP contribution in [0.4, 0.5) is 0 Å². The van der Waals surface area contributed by atoms with E-state index in [1.807, 2.05) is 12.1 Å². The Balaban J connectivity index is 2.34. The van der Waals surface area contributed by atoms with E-state index in [0.717, 1.165) is 22.3 Å². The van der Waals surface area contributed by atoms with Gasteiger partial charge in [-0.1, -0.05) is 46.1 Å². The largest absolute Gasteiger partial charge is 0.457 e. The van der Waals surface area contributed by atoms with Gasteiger partial charge in [-0.05, 0) is 49.9 Å². The van der Waals surface area contributed by atoms with Crippen LogP contribution in [0.1, 0.15) is 25.5 Å². The van der Waals surface area contributed by atoms with E-state index in [0.29, 0.717) is 15.8 Å². The van der Waals surface area contributed by atoms with Crippen molar-refractivity contribution in [1.82, 2.24) is 5.32 Å². The number of rotatable bonds is 5. The maximum atomic E-state index is 6.01. The molecule has 2 rings (SSSR count). The predicted octanol–water partition coefficient (Wildman–Crippen LogP) is 6.22. The van der Waals surface area contributed by atoms with Gasteiger partial charge < -0.3 is 10.1 Å². The SMILES string of the molecule is CCNC(C)c1cc(Br)ccc1Oc1cc(Cl)cc(Cl)c1. The minimum absolute atomic E-state index is 0.178. The molecule has 0 radical (unpaired) electrons. The zero-order valence-electron chi connectivity index (χ0n) is 11.8. The first-order valence-corrected chi connectivity index (χ1v) is 8.21. The average molecular weight is 389 g/mol. The monoisotopic (exact) mass is 387 g/mol. The molecule has 0 aliphatic heterocycles. The molecule has 5 heteroatoms. The van der Waals surface area contributed by atoms with E-state index in [2.05, 4.69) is 41.2 Å². The van der Waals surface area contributed by atoms with Crippen LogP contribution in [0.5, 0.6) is 11.5 Å². The van der Waals surface area contributed by atoms with E-state index in [9.17, 15) is 0 Å². The molecule has 0 heterocycles. The lowest BCUT2D eigenvalue weighted by Gasteiger charge is -2.18. The summed E-state index contributed by atoms with van der Waals surface area (Å²) in [5.41, 5.74) is 1.07. The van der Waals surface area contributed by atoms with Crippen molar-refractivity contribution in [1.29, 1.82) is 0 Å². The molecular formula is C16H16BrCl2NO. The first-order chi connectivity index (χ1) is 9.99. The Morgan fingerprint density at radius 1 is 1.14 bits per heavy atom. The fourth-order valence-corrected chi connectivity index (χ4v) is 2.97. The second kappa shape index (κ2) is 7.50. The molecule has 0 spiro atoms. The molecule has 0 aromatic heterocycles. The molecule has 0 aliphatic carbocycles. The molecule has 0 amide bonds. The summed E-state index contributed by atoms with van der Waals surface area (Å²) in [5, 5.41) is 4.49. The van der Waals surface area contributed by atoms with E-state index in [-0.39, 0.29) is 6.04 Å². The van der Waals surface area contributed by atoms with E-state index >= 15 is 0 Å². The van der Waals surface area contributed by atoms with Gasteiger partial charge in [-0.15, -0.1) is 0 Å². The highest BCUT2D eigenvalue weighted by atomic mass is 79.9. The van der Waals surface area contributed by atoms with Gasteiger partial charge in [0.15, 0.2) is 0 Å². The number of hydrogen-bond donors (Lipinski definition) is 1. The molecule has 0 aliphatic rings. The summed E-state index contributed by atoms with van der Waals surface area (Å²) in [7, 11) is 0. The second-order valence-corrected chi connectivity index (χ2v) is 6.46. The maximum absolute atomic E-state index is 6.01. The number of hydrogen-bond acceptors (Lipinski definition) is 2. The molecule has 2 nitrogen and oxygen atoms in total. The number of nitrogens with one attached hydrogen (secondary N) is 1. The Bertz CT molecular complexity index is 613. The van der Waals surface area contributed by atoms with Gasteiger partial charge in [-0.25, -0.2) is 0 Å². The highest BCUT2D eigenvalue weighted by Crippen LogP contribution is 2.34. The van der Waals surface area contributed by atoms with Crippen LogP contribution in [-0.4, -0.2) is 6.54 Å². The van der Waals surface area contributed by atoms with Crippen molar-refractivity contribution in [2.24, 2.45) is 0 Å². The fourth-order valence-electron chi connectivity index (χ4n) is 2.08. The number of halogens is 3. The third-order valence-electron chi connectivity index (χ3n) is 3.01. The van der Waals surface area contributed by atoms with Gasteiger partial charge in [0, 0.05) is 26.1 Å². The molecule has 0 saturated heterocycles. The van der Waals surface area contributed by atoms with Crippen LogP contribution in [0.15, 0.2) is 40.9 Å². The van der Waals surface area contributed by atoms with Crippen molar-refractivity contribution in [3.8, 4) is 11.5 Å². The summed E-state index contributed by atoms with van der Waals surface area (Å²) >= 11 is 15.5. The average Bonchev–Trinajstić information content (AvgIpc) is 2.40. The highest BCUT2D eigenvalue weighted by Gasteiger charge is 2.13. The van der Waals surface area contributed by atoms with Gasteiger partial charge in [0.1, 0.15) is 11.5 Å². The van der Waals surface area contributed by atoms with Crippen LogP contribution in [0, 0.1) is 0 Å². The Labute approximate surface area is 143 Å². The summed E-state index contributed by atoms with van der Waals surface area (Å²) in [4.78, 5) is 0. The molecule has 0 fully saturated rings. The van der Waals surface area contributed by atoms with E-state index in [1.165, 1.54) is 0 Å². The Kier molecular flexibility index (Phi) is 5.94. The van der Waals surface area contributed by atoms with Crippen molar-refractivity contribution >= 4 is 39.1 Å². The Hall–Kier alpha value is -0.740. The Morgan fingerprint density at radius 2 is 1.81 bits per heavy atom. The first-order valence-electron chi connectivity index (χ1n) is 6.66. The third kappa shape index (κ3) is 4.62. The lowest BCUT2D eigenvalue weighted by atomic mass is 10.1. The second-order valence-electron chi connectivity index (χ2n) is 4.67. The van der Waals surface area contributed by atoms with E-state index in [4.69, 9.17) is 27.9 Å². The van der Waals surface area contributed by atoms with Gasteiger partial charge in [-0.3, -0.25) is 0 Å². The zero-order chi connectivity index (χ0) is 15.4. The van der Waals surface area contributed by atoms with Crippen molar-refractivity contribution in [2.45, 2.75) is 19.9 Å². The van der Waals surface area contributed by atoms with Crippen molar-refractivity contribution in [3.05, 3.63) is 56.5 Å². The molecule has 112 valence electrons. The van der Waals surface area contributed by atoms with Crippen LogP contribution >= 0.6 is 39.1 Å². The standard InChI is InChI=1S/C16H16BrCl2NO/c1-3-20-10(2)15-6-11(17)4-5-16(15)21-14-8-12(18)7-13(19)9-14/h4-10,20H,3H2,1-2H3. The quantitative estimate of drug-likeness (QED) is 0.656. The van der Waals surface area contributed by atoms with Crippen LogP contribution in [0.25, 0.3) is 0 Å². The lowest BCUT2D eigenvalue weighted by Crippen LogP contribution is -2.18.